The van der Waals surface area contributed by atoms with Crippen LogP contribution < -0.4 is 10.2 Å². The van der Waals surface area contributed by atoms with Crippen molar-refractivity contribution in [2.24, 2.45) is 0 Å². The molecule has 1 aromatic carbocycles. The number of benzene rings is 1. The highest BCUT2D eigenvalue weighted by Crippen LogP contribution is 2.25. The largest absolute Gasteiger partial charge is 0.384 e. The van der Waals surface area contributed by atoms with Crippen molar-refractivity contribution in [3.63, 3.8) is 0 Å². The molecule has 0 atom stereocenters. The number of anilines is 3. The van der Waals surface area contributed by atoms with Crippen molar-refractivity contribution in [2.45, 2.75) is 13.3 Å². The van der Waals surface area contributed by atoms with Crippen molar-refractivity contribution in [3.8, 4) is 0 Å². The number of aryl methyl sites for hydroxylation is 1. The second kappa shape index (κ2) is 6.67. The van der Waals surface area contributed by atoms with Gasteiger partial charge in [-0.05, 0) is 30.7 Å². The monoisotopic (exact) mass is 292 g/mol. The molecule has 2 aromatic rings. The van der Waals surface area contributed by atoms with E-state index in [2.05, 4.69) is 44.7 Å². The van der Waals surface area contributed by atoms with Gasteiger partial charge in [0, 0.05) is 50.5 Å². The lowest BCUT2D eigenvalue weighted by Crippen LogP contribution is -2.10. The van der Waals surface area contributed by atoms with E-state index < -0.39 is 0 Å². The first-order valence-electron chi connectivity index (χ1n) is 6.46. The summed E-state index contributed by atoms with van der Waals surface area (Å²) in [5, 5.41) is 4.11. The van der Waals surface area contributed by atoms with Gasteiger partial charge < -0.3 is 15.0 Å². The maximum absolute atomic E-state index is 5.02. The summed E-state index contributed by atoms with van der Waals surface area (Å²) >= 11 is 1.37. The van der Waals surface area contributed by atoms with Gasteiger partial charge in [0.15, 0.2) is 0 Å². The van der Waals surface area contributed by atoms with E-state index in [0.717, 1.165) is 23.1 Å². The molecule has 0 fully saturated rings. The summed E-state index contributed by atoms with van der Waals surface area (Å²) in [6.07, 6.45) is 0.743. The van der Waals surface area contributed by atoms with Gasteiger partial charge in [0.2, 0.25) is 5.13 Å². The van der Waals surface area contributed by atoms with Gasteiger partial charge in [0.25, 0.3) is 0 Å². The fourth-order valence-corrected chi connectivity index (χ4v) is 2.59. The SMILES string of the molecule is COCCc1nsc(Nc2ccc(N(C)C)c(C)c2)n1. The number of aromatic nitrogens is 2. The zero-order valence-electron chi connectivity index (χ0n) is 12.3. The van der Waals surface area contributed by atoms with Gasteiger partial charge in [0.1, 0.15) is 5.82 Å². The molecule has 108 valence electrons. The predicted molar refractivity (Wildman–Crippen MR) is 84.3 cm³/mol. The first-order valence-corrected chi connectivity index (χ1v) is 7.24. The maximum atomic E-state index is 5.02. The average molecular weight is 292 g/mol. The van der Waals surface area contributed by atoms with Gasteiger partial charge in [-0.1, -0.05) is 0 Å². The molecule has 0 aliphatic carbocycles. The number of ether oxygens (including phenoxy) is 1. The van der Waals surface area contributed by atoms with E-state index in [1.54, 1.807) is 7.11 Å². The van der Waals surface area contributed by atoms with E-state index in [9.17, 15) is 0 Å². The number of rotatable bonds is 6. The zero-order valence-corrected chi connectivity index (χ0v) is 13.1. The Kier molecular flexibility index (Phi) is 4.92. The van der Waals surface area contributed by atoms with Gasteiger partial charge in [-0.3, -0.25) is 0 Å². The lowest BCUT2D eigenvalue weighted by molar-refractivity contribution is 0.201. The second-order valence-corrected chi connectivity index (χ2v) is 5.53. The van der Waals surface area contributed by atoms with Crippen LogP contribution in [0.1, 0.15) is 11.4 Å². The van der Waals surface area contributed by atoms with Crippen molar-refractivity contribution >= 4 is 28.0 Å². The molecule has 1 N–H and O–H groups in total. The summed E-state index contributed by atoms with van der Waals surface area (Å²) < 4.78 is 9.32. The van der Waals surface area contributed by atoms with E-state index in [4.69, 9.17) is 4.74 Å². The molecule has 1 aromatic heterocycles. The molecular weight excluding hydrogens is 272 g/mol. The molecule has 0 aliphatic rings. The van der Waals surface area contributed by atoms with Crippen molar-refractivity contribution in [1.29, 1.82) is 0 Å². The molecule has 0 amide bonds. The molecule has 20 heavy (non-hydrogen) atoms. The first-order chi connectivity index (χ1) is 9.60. The third-order valence-electron chi connectivity index (χ3n) is 2.93. The molecule has 2 rings (SSSR count). The normalized spacial score (nSPS) is 10.6. The van der Waals surface area contributed by atoms with Crippen molar-refractivity contribution in [1.82, 2.24) is 9.36 Å². The van der Waals surface area contributed by atoms with Gasteiger partial charge in [-0.15, -0.1) is 0 Å². The first kappa shape index (κ1) is 14.7. The molecular formula is C14H20N4OS. The third kappa shape index (κ3) is 3.68. The Morgan fingerprint density at radius 3 is 2.80 bits per heavy atom. The summed E-state index contributed by atoms with van der Waals surface area (Å²) in [5.41, 5.74) is 3.47. The maximum Gasteiger partial charge on any atom is 0.207 e. The van der Waals surface area contributed by atoms with E-state index in [1.165, 1.54) is 22.8 Å². The molecule has 0 spiro atoms. The fourth-order valence-electron chi connectivity index (χ4n) is 1.96. The molecule has 5 nitrogen and oxygen atoms in total. The van der Waals surface area contributed by atoms with E-state index in [1.807, 2.05) is 14.1 Å². The average Bonchev–Trinajstić information content (AvgIpc) is 2.83. The van der Waals surface area contributed by atoms with Crippen LogP contribution in [0.15, 0.2) is 18.2 Å². The summed E-state index contributed by atoms with van der Waals surface area (Å²) in [7, 11) is 5.77. The van der Waals surface area contributed by atoms with E-state index >= 15 is 0 Å². The van der Waals surface area contributed by atoms with Gasteiger partial charge in [-0.25, -0.2) is 4.98 Å². The van der Waals surface area contributed by atoms with Crippen LogP contribution in [0.2, 0.25) is 0 Å². The standard InChI is InChI=1S/C14H20N4OS/c1-10-9-11(5-6-12(10)18(2)3)15-14-16-13(17-20-14)7-8-19-4/h5-6,9H,7-8H2,1-4H3,(H,15,16,17). The summed E-state index contributed by atoms with van der Waals surface area (Å²) in [4.78, 5) is 6.54. The number of hydrogen-bond donors (Lipinski definition) is 1. The van der Waals surface area contributed by atoms with Crippen LogP contribution in [0.4, 0.5) is 16.5 Å². The van der Waals surface area contributed by atoms with Crippen LogP contribution >= 0.6 is 11.5 Å². The molecule has 6 heteroatoms. The number of nitrogens with zero attached hydrogens (tertiary/aromatic N) is 3. The lowest BCUT2D eigenvalue weighted by Gasteiger charge is -2.16. The number of nitrogens with one attached hydrogen (secondary N) is 1. The summed E-state index contributed by atoms with van der Waals surface area (Å²) in [6, 6.07) is 6.27. The smallest absolute Gasteiger partial charge is 0.207 e. The van der Waals surface area contributed by atoms with Crippen LogP contribution in [0.3, 0.4) is 0 Å². The molecule has 0 saturated carbocycles. The predicted octanol–water partition coefficient (Wildman–Crippen LogP) is 2.85. The minimum Gasteiger partial charge on any atom is -0.384 e. The van der Waals surface area contributed by atoms with Gasteiger partial charge in [0.05, 0.1) is 6.61 Å². The number of methoxy groups -OCH3 is 1. The van der Waals surface area contributed by atoms with Crippen LogP contribution in [0.5, 0.6) is 0 Å². The highest BCUT2D eigenvalue weighted by atomic mass is 32.1. The molecule has 0 saturated heterocycles. The van der Waals surface area contributed by atoms with E-state index in [0.29, 0.717) is 6.61 Å². The van der Waals surface area contributed by atoms with E-state index in [-0.39, 0.29) is 0 Å². The summed E-state index contributed by atoms with van der Waals surface area (Å²) in [5.74, 6) is 0.820. The molecule has 0 bridgehead atoms. The Balaban J connectivity index is 2.06. The van der Waals surface area contributed by atoms with Crippen molar-refractivity contribution in [3.05, 3.63) is 29.6 Å². The zero-order chi connectivity index (χ0) is 14.5. The van der Waals surface area contributed by atoms with Gasteiger partial charge >= 0.3 is 0 Å². The Hall–Kier alpha value is -1.66. The van der Waals surface area contributed by atoms with Crippen LogP contribution in [-0.4, -0.2) is 37.2 Å². The Labute approximate surface area is 123 Å². The van der Waals surface area contributed by atoms with Crippen molar-refractivity contribution < 1.29 is 4.74 Å². The Morgan fingerprint density at radius 1 is 1.35 bits per heavy atom. The Bertz CT molecular complexity index is 568. The topological polar surface area (TPSA) is 50.3 Å². The second-order valence-electron chi connectivity index (χ2n) is 4.78. The Morgan fingerprint density at radius 2 is 2.15 bits per heavy atom. The quantitative estimate of drug-likeness (QED) is 0.887. The van der Waals surface area contributed by atoms with Crippen LogP contribution in [-0.2, 0) is 11.2 Å². The van der Waals surface area contributed by atoms with Gasteiger partial charge in [-0.2, -0.15) is 4.37 Å². The number of hydrogen-bond acceptors (Lipinski definition) is 6. The fraction of sp³-hybridized carbons (Fsp3) is 0.429. The molecule has 0 unspecified atom stereocenters. The van der Waals surface area contributed by atoms with Crippen LogP contribution in [0, 0.1) is 6.92 Å². The highest BCUT2D eigenvalue weighted by Gasteiger charge is 2.06. The minimum atomic E-state index is 0.646. The molecule has 0 radical (unpaired) electrons. The minimum absolute atomic E-state index is 0.646. The summed E-state index contributed by atoms with van der Waals surface area (Å²) in [6.45, 7) is 2.75. The molecule has 1 heterocycles. The highest BCUT2D eigenvalue weighted by molar-refractivity contribution is 7.09. The lowest BCUT2D eigenvalue weighted by atomic mass is 10.1. The van der Waals surface area contributed by atoms with Crippen molar-refractivity contribution in [2.75, 3.05) is 38.0 Å². The van der Waals surface area contributed by atoms with Crippen LogP contribution in [0.25, 0.3) is 0 Å². The third-order valence-corrected chi connectivity index (χ3v) is 3.60. The molecule has 0 aliphatic heterocycles.